The summed E-state index contributed by atoms with van der Waals surface area (Å²) in [5.74, 6) is 0. The van der Waals surface area contributed by atoms with Crippen LogP contribution in [-0.4, -0.2) is 64.2 Å². The quantitative estimate of drug-likeness (QED) is 0.363. The molecule has 0 bridgehead atoms. The zero-order chi connectivity index (χ0) is 24.9. The zero-order valence-electron chi connectivity index (χ0n) is 20.7. The molecule has 0 unspecified atom stereocenters. The maximum atomic E-state index is 6.37. The Bertz CT molecular complexity index is 1300. The molecule has 1 aliphatic rings. The van der Waals surface area contributed by atoms with E-state index in [1.165, 1.54) is 22.0 Å². The van der Waals surface area contributed by atoms with Gasteiger partial charge in [0.25, 0.3) is 0 Å². The van der Waals surface area contributed by atoms with Gasteiger partial charge in [-0.15, -0.1) is 0 Å². The van der Waals surface area contributed by atoms with Crippen molar-refractivity contribution in [1.82, 2.24) is 24.3 Å². The van der Waals surface area contributed by atoms with Gasteiger partial charge in [0.05, 0.1) is 7.11 Å². The Hall–Kier alpha value is -2.97. The highest BCUT2D eigenvalue weighted by Crippen LogP contribution is 2.32. The van der Waals surface area contributed by atoms with Gasteiger partial charge in [-0.05, 0) is 42.3 Å². The van der Waals surface area contributed by atoms with E-state index in [4.69, 9.17) is 22.1 Å². The fraction of sp³-hybridized carbons (Fsp3) is 0.357. The number of nitrogens with zero attached hydrogens (tertiary/aromatic N) is 5. The molecule has 2 aromatic carbocycles. The van der Waals surface area contributed by atoms with Crippen molar-refractivity contribution >= 4 is 22.5 Å². The predicted molar refractivity (Wildman–Crippen MR) is 145 cm³/mol. The van der Waals surface area contributed by atoms with Crippen LogP contribution in [0.3, 0.4) is 0 Å². The van der Waals surface area contributed by atoms with Gasteiger partial charge < -0.3 is 15.0 Å². The van der Waals surface area contributed by atoms with Crippen LogP contribution in [0.15, 0.2) is 61.1 Å². The third-order valence-corrected chi connectivity index (χ3v) is 7.26. The first kappa shape index (κ1) is 24.7. The van der Waals surface area contributed by atoms with Gasteiger partial charge in [-0.2, -0.15) is 0 Å². The molecule has 0 amide bonds. The van der Waals surface area contributed by atoms with Gasteiger partial charge in [0.1, 0.15) is 0 Å². The molecule has 1 saturated heterocycles. The minimum atomic E-state index is 0.375. The number of methoxy groups -OCH3 is 1. The van der Waals surface area contributed by atoms with Gasteiger partial charge in [-0.1, -0.05) is 35.9 Å². The summed E-state index contributed by atoms with van der Waals surface area (Å²) in [6.07, 6.45) is 6.79. The third-order valence-electron chi connectivity index (χ3n) is 6.89. The Morgan fingerprint density at radius 1 is 0.972 bits per heavy atom. The van der Waals surface area contributed by atoms with Crippen molar-refractivity contribution in [3.8, 4) is 17.1 Å². The smallest absolute Gasteiger partial charge is 0.316 e. The number of rotatable bonds is 9. The van der Waals surface area contributed by atoms with Gasteiger partial charge >= 0.3 is 6.01 Å². The summed E-state index contributed by atoms with van der Waals surface area (Å²) < 4.78 is 7.43. The van der Waals surface area contributed by atoms with Crippen molar-refractivity contribution in [3.05, 3.63) is 77.2 Å². The average Bonchev–Trinajstić information content (AvgIpc) is 3.27. The molecule has 8 heteroatoms. The summed E-state index contributed by atoms with van der Waals surface area (Å²) in [5, 5.41) is 2.07. The lowest BCUT2D eigenvalue weighted by Crippen LogP contribution is -2.45. The first-order valence-corrected chi connectivity index (χ1v) is 12.9. The highest BCUT2D eigenvalue weighted by molar-refractivity contribution is 6.31. The summed E-state index contributed by atoms with van der Waals surface area (Å²) in [4.78, 5) is 13.7. The van der Waals surface area contributed by atoms with Gasteiger partial charge in [0, 0.05) is 91.5 Å². The molecule has 0 saturated carbocycles. The highest BCUT2D eigenvalue weighted by atomic mass is 35.5. The van der Waals surface area contributed by atoms with Gasteiger partial charge in [0.2, 0.25) is 0 Å². The first-order chi connectivity index (χ1) is 17.6. The Balaban J connectivity index is 1.32. The minimum Gasteiger partial charge on any atom is -0.467 e. The van der Waals surface area contributed by atoms with Crippen LogP contribution >= 0.6 is 11.6 Å². The van der Waals surface area contributed by atoms with Crippen LogP contribution in [0.4, 0.5) is 0 Å². The average molecular weight is 505 g/mol. The predicted octanol–water partition coefficient (Wildman–Crippen LogP) is 4.43. The van der Waals surface area contributed by atoms with E-state index in [1.54, 1.807) is 7.11 Å². The molecule has 0 atom stereocenters. The first-order valence-electron chi connectivity index (χ1n) is 12.5. The summed E-state index contributed by atoms with van der Waals surface area (Å²) in [5.41, 5.74) is 11.6. The van der Waals surface area contributed by atoms with Crippen molar-refractivity contribution in [2.75, 3.05) is 39.8 Å². The number of fused-ring (bicyclic) bond motifs is 1. The Kier molecular flexibility index (Phi) is 7.82. The second-order valence-electron chi connectivity index (χ2n) is 9.33. The molecule has 36 heavy (non-hydrogen) atoms. The highest BCUT2D eigenvalue weighted by Gasteiger charge is 2.19. The zero-order valence-corrected chi connectivity index (χ0v) is 21.5. The van der Waals surface area contributed by atoms with E-state index < -0.39 is 0 Å². The van der Waals surface area contributed by atoms with Gasteiger partial charge in [-0.25, -0.2) is 9.97 Å². The fourth-order valence-corrected chi connectivity index (χ4v) is 5.11. The minimum absolute atomic E-state index is 0.375. The number of piperazine rings is 1. The normalized spacial score (nSPS) is 15.0. The van der Waals surface area contributed by atoms with Crippen LogP contribution in [0.25, 0.3) is 22.0 Å². The Morgan fingerprint density at radius 3 is 2.39 bits per heavy atom. The van der Waals surface area contributed by atoms with Gasteiger partial charge in [-0.3, -0.25) is 9.80 Å². The van der Waals surface area contributed by atoms with E-state index in [0.29, 0.717) is 12.6 Å². The molecule has 7 nitrogen and oxygen atoms in total. The van der Waals surface area contributed by atoms with Crippen molar-refractivity contribution < 1.29 is 4.74 Å². The van der Waals surface area contributed by atoms with E-state index in [-0.39, 0.29) is 0 Å². The molecule has 0 radical (unpaired) electrons. The number of halogens is 1. The Labute approximate surface area is 217 Å². The SMILES string of the molecule is COc1ncc(-c2cn(CCCN)c3ccc(CN4CCN(Cc5ccccc5Cl)CC4)cc23)cn1. The molecule has 4 aromatic rings. The number of benzene rings is 2. The number of hydrogen-bond acceptors (Lipinski definition) is 6. The van der Waals surface area contributed by atoms with Crippen LogP contribution in [0.5, 0.6) is 6.01 Å². The van der Waals surface area contributed by atoms with Crippen molar-refractivity contribution in [3.63, 3.8) is 0 Å². The Morgan fingerprint density at radius 2 is 1.69 bits per heavy atom. The molecule has 0 aliphatic carbocycles. The number of aromatic nitrogens is 3. The molecular formula is C28H33ClN6O. The largest absolute Gasteiger partial charge is 0.467 e. The molecule has 2 aromatic heterocycles. The molecule has 188 valence electrons. The summed E-state index contributed by atoms with van der Waals surface area (Å²) in [7, 11) is 1.58. The number of hydrogen-bond donors (Lipinski definition) is 1. The number of ether oxygens (including phenoxy) is 1. The lowest BCUT2D eigenvalue weighted by atomic mass is 10.0. The topological polar surface area (TPSA) is 72.4 Å². The lowest BCUT2D eigenvalue weighted by molar-refractivity contribution is 0.122. The van der Waals surface area contributed by atoms with Crippen LogP contribution in [-0.2, 0) is 19.6 Å². The molecule has 1 fully saturated rings. The van der Waals surface area contributed by atoms with Crippen molar-refractivity contribution in [2.45, 2.75) is 26.1 Å². The van der Waals surface area contributed by atoms with Crippen molar-refractivity contribution in [2.24, 2.45) is 5.73 Å². The molecule has 0 spiro atoms. The monoisotopic (exact) mass is 504 g/mol. The third kappa shape index (κ3) is 5.55. The van der Waals surface area contributed by atoms with Crippen LogP contribution in [0.2, 0.25) is 5.02 Å². The molecule has 2 N–H and O–H groups in total. The maximum absolute atomic E-state index is 6.37. The van der Waals surface area contributed by atoms with Crippen LogP contribution in [0.1, 0.15) is 17.5 Å². The molecular weight excluding hydrogens is 472 g/mol. The standard InChI is InChI=1S/C28H33ClN6O/c1-36-28-31-16-23(17-32-28)25-20-35(10-4-9-30)27-8-7-21(15-24(25)27)18-33-11-13-34(14-12-33)19-22-5-2-3-6-26(22)29/h2-3,5-8,15-17,20H,4,9-14,18-19,30H2,1H3. The summed E-state index contributed by atoms with van der Waals surface area (Å²) in [6, 6.07) is 15.3. The second-order valence-corrected chi connectivity index (χ2v) is 9.74. The lowest BCUT2D eigenvalue weighted by Gasteiger charge is -2.35. The number of aryl methyl sites for hydroxylation is 1. The van der Waals surface area contributed by atoms with E-state index in [9.17, 15) is 0 Å². The van der Waals surface area contributed by atoms with Crippen LogP contribution in [0, 0.1) is 0 Å². The second kappa shape index (κ2) is 11.4. The van der Waals surface area contributed by atoms with E-state index >= 15 is 0 Å². The summed E-state index contributed by atoms with van der Waals surface area (Å²) in [6.45, 7) is 7.55. The van der Waals surface area contributed by atoms with E-state index in [2.05, 4.69) is 60.9 Å². The molecule has 3 heterocycles. The van der Waals surface area contributed by atoms with Crippen molar-refractivity contribution in [1.29, 1.82) is 0 Å². The summed E-state index contributed by atoms with van der Waals surface area (Å²) >= 11 is 6.37. The molecule has 5 rings (SSSR count). The van der Waals surface area contributed by atoms with Crippen LogP contribution < -0.4 is 10.5 Å². The maximum Gasteiger partial charge on any atom is 0.316 e. The molecule has 1 aliphatic heterocycles. The van der Waals surface area contributed by atoms with E-state index in [0.717, 1.165) is 68.4 Å². The number of nitrogens with two attached hydrogens (primary N) is 1. The fourth-order valence-electron chi connectivity index (χ4n) is 4.91. The van der Waals surface area contributed by atoms with Gasteiger partial charge in [0.15, 0.2) is 0 Å². The van der Waals surface area contributed by atoms with E-state index in [1.807, 2.05) is 24.5 Å².